The zero-order chi connectivity index (χ0) is 28.2. The summed E-state index contributed by atoms with van der Waals surface area (Å²) in [6.45, 7) is 10.7. The molecule has 0 atom stereocenters. The molecule has 0 aromatic heterocycles. The average Bonchev–Trinajstić information content (AvgIpc) is 2.84. The molecule has 218 valence electrons. The second kappa shape index (κ2) is 20.0. The van der Waals surface area contributed by atoms with Crippen LogP contribution in [0.15, 0.2) is 24.3 Å². The summed E-state index contributed by atoms with van der Waals surface area (Å²) in [4.78, 5) is 0. The topological polar surface area (TPSA) is 0 Å². The SMILES string of the molecule is CCCCCCCCCCCCCCCC[N+](C)(C)C(CC)(CC)c1ccccc1CC.F[B-](F)(F)F.[H+]. The number of quaternary nitrogens is 1. The van der Waals surface area contributed by atoms with Crippen LogP contribution in [0.3, 0.4) is 0 Å². The van der Waals surface area contributed by atoms with Crippen molar-refractivity contribution in [3.05, 3.63) is 35.4 Å². The Morgan fingerprint density at radius 3 is 1.41 bits per heavy atom. The molecule has 0 saturated carbocycles. The van der Waals surface area contributed by atoms with E-state index < -0.39 is 7.25 Å². The number of benzene rings is 1. The third kappa shape index (κ3) is 15.2. The number of unbranched alkanes of at least 4 members (excludes halogenated alkanes) is 13. The van der Waals surface area contributed by atoms with Crippen LogP contribution >= 0.6 is 0 Å². The molecule has 1 rings (SSSR count). The van der Waals surface area contributed by atoms with Crippen molar-refractivity contribution in [2.75, 3.05) is 20.6 Å². The van der Waals surface area contributed by atoms with Gasteiger partial charge in [0.15, 0.2) is 0 Å². The lowest BCUT2D eigenvalue weighted by Gasteiger charge is -2.49. The Morgan fingerprint density at radius 1 is 0.649 bits per heavy atom. The fraction of sp³-hybridized carbons (Fsp3) is 0.806. The summed E-state index contributed by atoms with van der Waals surface area (Å²) in [7, 11) is -1.02. The normalized spacial score (nSPS) is 12.4. The van der Waals surface area contributed by atoms with Gasteiger partial charge in [0.2, 0.25) is 0 Å². The van der Waals surface area contributed by atoms with E-state index in [4.69, 9.17) is 0 Å². The Morgan fingerprint density at radius 2 is 1.03 bits per heavy atom. The van der Waals surface area contributed by atoms with Crippen LogP contribution in [0.2, 0.25) is 0 Å². The number of halogens is 4. The molecule has 0 N–H and O–H groups in total. The van der Waals surface area contributed by atoms with Gasteiger partial charge in [-0.25, -0.2) is 0 Å². The van der Waals surface area contributed by atoms with E-state index in [0.717, 1.165) is 10.9 Å². The quantitative estimate of drug-likeness (QED) is 0.0678. The summed E-state index contributed by atoms with van der Waals surface area (Å²) in [6.07, 6.45) is 23.7. The van der Waals surface area contributed by atoms with Crippen molar-refractivity contribution in [2.24, 2.45) is 0 Å². The molecule has 0 heterocycles. The number of aryl methyl sites for hydroxylation is 1. The lowest BCUT2D eigenvalue weighted by molar-refractivity contribution is -0.951. The van der Waals surface area contributed by atoms with Crippen molar-refractivity contribution in [1.29, 1.82) is 0 Å². The van der Waals surface area contributed by atoms with Crippen molar-refractivity contribution in [3.63, 3.8) is 0 Å². The van der Waals surface area contributed by atoms with Crippen LogP contribution in [0, 0.1) is 0 Å². The fourth-order valence-electron chi connectivity index (χ4n) is 6.01. The average molecular weight is 533 g/mol. The minimum Gasteiger partial charge on any atom is -0.418 e. The molecule has 0 fully saturated rings. The molecule has 0 radical (unpaired) electrons. The van der Waals surface area contributed by atoms with Gasteiger partial charge in [-0.3, -0.25) is 0 Å². The van der Waals surface area contributed by atoms with Gasteiger partial charge in [-0.05, 0) is 24.8 Å². The smallest absolute Gasteiger partial charge is 0.418 e. The minimum atomic E-state index is -6.00. The maximum atomic E-state index is 9.75. The summed E-state index contributed by atoms with van der Waals surface area (Å²) in [5, 5.41) is 0. The van der Waals surface area contributed by atoms with Gasteiger partial charge in [0.25, 0.3) is 0 Å². The van der Waals surface area contributed by atoms with Crippen molar-refractivity contribution in [2.45, 2.75) is 142 Å². The molecule has 1 aromatic rings. The monoisotopic (exact) mass is 532 g/mol. The minimum absolute atomic E-state index is 0. The van der Waals surface area contributed by atoms with Crippen LogP contribution in [0.1, 0.15) is 143 Å². The molecule has 37 heavy (non-hydrogen) atoms. The van der Waals surface area contributed by atoms with E-state index in [1.165, 1.54) is 109 Å². The highest BCUT2D eigenvalue weighted by Crippen LogP contribution is 2.41. The summed E-state index contributed by atoms with van der Waals surface area (Å²) >= 11 is 0. The van der Waals surface area contributed by atoms with Crippen molar-refractivity contribution < 1.29 is 23.2 Å². The molecular weight excluding hydrogens is 473 g/mol. The molecule has 1 nitrogen and oxygen atoms in total. The van der Waals surface area contributed by atoms with E-state index in [-0.39, 0.29) is 6.97 Å². The first-order valence-corrected chi connectivity index (χ1v) is 15.3. The summed E-state index contributed by atoms with van der Waals surface area (Å²) < 4.78 is 40.1. The molecule has 0 aliphatic rings. The maximum Gasteiger partial charge on any atom is 1.00 e. The Hall–Kier alpha value is -1.04. The second-order valence-electron chi connectivity index (χ2n) is 11.2. The van der Waals surface area contributed by atoms with Crippen LogP contribution in [0.25, 0.3) is 0 Å². The van der Waals surface area contributed by atoms with Crippen molar-refractivity contribution >= 4 is 7.25 Å². The molecule has 0 spiro atoms. The van der Waals surface area contributed by atoms with Crippen molar-refractivity contribution in [3.8, 4) is 0 Å². The largest absolute Gasteiger partial charge is 1.00 e. The number of hydrogen-bond donors (Lipinski definition) is 0. The molecule has 0 unspecified atom stereocenters. The van der Waals surface area contributed by atoms with E-state index in [1.807, 2.05) is 0 Å². The summed E-state index contributed by atoms with van der Waals surface area (Å²) in [5.41, 5.74) is 3.38. The van der Waals surface area contributed by atoms with Crippen LogP contribution in [-0.4, -0.2) is 32.4 Å². The zero-order valence-corrected chi connectivity index (χ0v) is 25.1. The number of rotatable bonds is 20. The molecule has 0 aliphatic heterocycles. The first kappa shape index (κ1) is 36.0. The second-order valence-corrected chi connectivity index (χ2v) is 11.2. The van der Waals surface area contributed by atoms with Gasteiger partial charge >= 0.3 is 8.68 Å². The summed E-state index contributed by atoms with van der Waals surface area (Å²) in [5.74, 6) is 0. The van der Waals surface area contributed by atoms with Gasteiger partial charge < -0.3 is 21.7 Å². The van der Waals surface area contributed by atoms with E-state index in [1.54, 1.807) is 11.1 Å². The molecule has 6 heteroatoms. The van der Waals surface area contributed by atoms with E-state index in [2.05, 4.69) is 66.1 Å². The molecule has 0 saturated heterocycles. The van der Waals surface area contributed by atoms with E-state index in [9.17, 15) is 17.3 Å². The van der Waals surface area contributed by atoms with Crippen LogP contribution in [-0.2, 0) is 12.0 Å². The molecule has 0 bridgehead atoms. The molecule has 1 aromatic carbocycles. The first-order valence-electron chi connectivity index (χ1n) is 15.3. The zero-order valence-electron chi connectivity index (χ0n) is 26.1. The fourth-order valence-corrected chi connectivity index (χ4v) is 6.01. The Labute approximate surface area is 229 Å². The number of hydrogen-bond acceptors (Lipinski definition) is 0. The van der Waals surface area contributed by atoms with Gasteiger partial charge in [-0.1, -0.05) is 129 Å². The lowest BCUT2D eigenvalue weighted by Crippen LogP contribution is -2.57. The lowest BCUT2D eigenvalue weighted by atomic mass is 9.78. The Kier molecular flexibility index (Phi) is 19.4. The number of nitrogens with zero attached hydrogens (tertiary/aromatic N) is 1. The predicted molar refractivity (Wildman–Crippen MR) is 157 cm³/mol. The molecule has 0 amide bonds. The van der Waals surface area contributed by atoms with Gasteiger partial charge in [0.05, 0.1) is 20.6 Å². The third-order valence-electron chi connectivity index (χ3n) is 8.30. The van der Waals surface area contributed by atoms with Crippen LogP contribution < -0.4 is 0 Å². The predicted octanol–water partition coefficient (Wildman–Crippen LogP) is 11.2. The molecular formula is C31H59BF4N+. The first-order chi connectivity index (χ1) is 17.5. The van der Waals surface area contributed by atoms with E-state index in [0.29, 0.717) is 0 Å². The van der Waals surface area contributed by atoms with Crippen LogP contribution in [0.5, 0.6) is 0 Å². The van der Waals surface area contributed by atoms with Crippen molar-refractivity contribution in [1.82, 2.24) is 0 Å². The third-order valence-corrected chi connectivity index (χ3v) is 8.30. The highest BCUT2D eigenvalue weighted by molar-refractivity contribution is 6.50. The van der Waals surface area contributed by atoms with E-state index >= 15 is 0 Å². The standard InChI is InChI=1S/C31H58N.BF4/c1-7-11-12-13-14-15-16-17-18-19-20-21-22-25-28-32(5,6)31(9-3,10-4)30-27-24-23-26-29(30)8-2;2-1(3,4)5/h23-24,26-27H,7-22,25,28H2,1-6H3;/q+1;-1/p+1. The van der Waals surface area contributed by atoms with Gasteiger partial charge in [-0.15, -0.1) is 0 Å². The Bertz CT molecular complexity index is 672. The highest BCUT2D eigenvalue weighted by atomic mass is 19.5. The Balaban J connectivity index is 0. The van der Waals surface area contributed by atoms with Gasteiger partial charge in [0.1, 0.15) is 5.54 Å². The highest BCUT2D eigenvalue weighted by Gasteiger charge is 2.44. The van der Waals surface area contributed by atoms with Crippen LogP contribution in [0.4, 0.5) is 17.3 Å². The van der Waals surface area contributed by atoms with Gasteiger partial charge in [0, 0.05) is 18.4 Å². The molecule has 0 aliphatic carbocycles. The van der Waals surface area contributed by atoms with Gasteiger partial charge in [-0.2, -0.15) is 0 Å². The summed E-state index contributed by atoms with van der Waals surface area (Å²) in [6, 6.07) is 9.23. The maximum absolute atomic E-state index is 9.75.